The molecule has 0 spiro atoms. The second kappa shape index (κ2) is 10.1. The van der Waals surface area contributed by atoms with E-state index in [0.717, 1.165) is 5.56 Å². The molecule has 2 aromatic carbocycles. The van der Waals surface area contributed by atoms with Gasteiger partial charge in [-0.1, -0.05) is 0 Å². The van der Waals surface area contributed by atoms with Crippen LogP contribution in [0, 0.1) is 0 Å². The Balaban J connectivity index is 2.07. The van der Waals surface area contributed by atoms with E-state index in [1.54, 1.807) is 55.8 Å². The third-order valence-electron chi connectivity index (χ3n) is 3.43. The zero-order valence-electron chi connectivity index (χ0n) is 15.3. The van der Waals surface area contributed by atoms with Crippen LogP contribution in [-0.2, 0) is 0 Å². The molecular weight excluding hydrogens is 366 g/mol. The maximum atomic E-state index is 12.3. The average Bonchev–Trinajstić information content (AvgIpc) is 2.69. The molecule has 0 aromatic heterocycles. The number of nitrogens with one attached hydrogen (secondary N) is 2. The van der Waals surface area contributed by atoms with Gasteiger partial charge in [-0.15, -0.1) is 0 Å². The Morgan fingerprint density at radius 1 is 1.11 bits per heavy atom. The predicted octanol–water partition coefficient (Wildman–Crippen LogP) is 2.74. The van der Waals surface area contributed by atoms with Crippen LogP contribution in [0.4, 0.5) is 0 Å². The van der Waals surface area contributed by atoms with Gasteiger partial charge in [0, 0.05) is 6.54 Å². The number of methoxy groups -OCH3 is 2. The van der Waals surface area contributed by atoms with E-state index in [2.05, 4.69) is 15.8 Å². The number of benzene rings is 2. The van der Waals surface area contributed by atoms with E-state index < -0.39 is 5.97 Å². The molecule has 0 aliphatic carbocycles. The van der Waals surface area contributed by atoms with Gasteiger partial charge in [-0.2, -0.15) is 5.10 Å². The first kappa shape index (κ1) is 20.2. The molecule has 142 valence electrons. The summed E-state index contributed by atoms with van der Waals surface area (Å²) in [6.07, 6.45) is 1.58. The van der Waals surface area contributed by atoms with Crippen molar-refractivity contribution in [3.63, 3.8) is 0 Å². The van der Waals surface area contributed by atoms with Gasteiger partial charge < -0.3 is 19.5 Å². The molecule has 0 aliphatic heterocycles. The number of thiocarbonyl (C=S) groups is 1. The number of carbonyl (C=O) groups is 1. The highest BCUT2D eigenvalue weighted by Gasteiger charge is 2.13. The summed E-state index contributed by atoms with van der Waals surface area (Å²) in [6.45, 7) is 2.65. The van der Waals surface area contributed by atoms with Crippen LogP contribution in [0.15, 0.2) is 47.6 Å². The highest BCUT2D eigenvalue weighted by molar-refractivity contribution is 7.80. The van der Waals surface area contributed by atoms with Crippen LogP contribution in [0.3, 0.4) is 0 Å². The van der Waals surface area contributed by atoms with Crippen LogP contribution in [0.5, 0.6) is 17.2 Å². The van der Waals surface area contributed by atoms with E-state index in [-0.39, 0.29) is 0 Å². The molecule has 0 amide bonds. The Kier molecular flexibility index (Phi) is 7.57. The lowest BCUT2D eigenvalue weighted by Gasteiger charge is -2.10. The zero-order valence-corrected chi connectivity index (χ0v) is 16.1. The van der Waals surface area contributed by atoms with Gasteiger partial charge in [0.1, 0.15) is 5.75 Å². The minimum absolute atomic E-state index is 0.312. The van der Waals surface area contributed by atoms with Crippen molar-refractivity contribution in [3.05, 3.63) is 53.6 Å². The SMILES string of the molecule is CCNC(=S)NN=Cc1ccc(OC(=O)c2ccc(OC)cc2)c(OC)c1. The lowest BCUT2D eigenvalue weighted by atomic mass is 10.2. The molecule has 2 aromatic rings. The van der Waals surface area contributed by atoms with Crippen molar-refractivity contribution in [2.75, 3.05) is 20.8 Å². The van der Waals surface area contributed by atoms with E-state index in [4.69, 9.17) is 26.4 Å². The third-order valence-corrected chi connectivity index (χ3v) is 3.67. The van der Waals surface area contributed by atoms with Crippen LogP contribution in [0.2, 0.25) is 0 Å². The van der Waals surface area contributed by atoms with Crippen molar-refractivity contribution >= 4 is 29.5 Å². The Hall–Kier alpha value is -3.13. The first-order valence-electron chi connectivity index (χ1n) is 8.18. The average molecular weight is 387 g/mol. The second-order valence-corrected chi connectivity index (χ2v) is 5.67. The number of nitrogens with zero attached hydrogens (tertiary/aromatic N) is 1. The minimum Gasteiger partial charge on any atom is -0.497 e. The van der Waals surface area contributed by atoms with E-state index in [1.807, 2.05) is 6.92 Å². The summed E-state index contributed by atoms with van der Waals surface area (Å²) in [6, 6.07) is 11.8. The topological polar surface area (TPSA) is 81.2 Å². The first-order chi connectivity index (χ1) is 13.1. The number of carbonyl (C=O) groups excluding carboxylic acids is 1. The number of esters is 1. The van der Waals surface area contributed by atoms with Crippen LogP contribution in [0.1, 0.15) is 22.8 Å². The molecule has 0 fully saturated rings. The molecule has 0 bridgehead atoms. The summed E-state index contributed by atoms with van der Waals surface area (Å²) in [5, 5.41) is 7.40. The van der Waals surface area contributed by atoms with Crippen LogP contribution < -0.4 is 25.0 Å². The second-order valence-electron chi connectivity index (χ2n) is 5.26. The quantitative estimate of drug-likeness (QED) is 0.249. The Morgan fingerprint density at radius 2 is 1.85 bits per heavy atom. The molecule has 0 heterocycles. The van der Waals surface area contributed by atoms with Gasteiger partial charge in [-0.25, -0.2) is 4.79 Å². The Bertz CT molecular complexity index is 822. The van der Waals surface area contributed by atoms with Gasteiger partial charge in [0.05, 0.1) is 26.0 Å². The highest BCUT2D eigenvalue weighted by Crippen LogP contribution is 2.28. The molecule has 2 rings (SSSR count). The summed E-state index contributed by atoms with van der Waals surface area (Å²) in [4.78, 5) is 12.3. The Labute approximate surface area is 163 Å². The zero-order chi connectivity index (χ0) is 19.6. The smallest absolute Gasteiger partial charge is 0.343 e. The molecule has 0 saturated heterocycles. The normalized spacial score (nSPS) is 10.3. The summed E-state index contributed by atoms with van der Waals surface area (Å²) in [5.41, 5.74) is 3.86. The largest absolute Gasteiger partial charge is 0.497 e. The van der Waals surface area contributed by atoms with Gasteiger partial charge in [0.15, 0.2) is 16.6 Å². The van der Waals surface area contributed by atoms with Crippen molar-refractivity contribution in [2.24, 2.45) is 5.10 Å². The van der Waals surface area contributed by atoms with Crippen molar-refractivity contribution < 1.29 is 19.0 Å². The van der Waals surface area contributed by atoms with Crippen molar-refractivity contribution in [1.29, 1.82) is 0 Å². The number of rotatable bonds is 7. The Morgan fingerprint density at radius 3 is 2.48 bits per heavy atom. The molecule has 0 unspecified atom stereocenters. The fourth-order valence-electron chi connectivity index (χ4n) is 2.10. The highest BCUT2D eigenvalue weighted by atomic mass is 32.1. The fourth-order valence-corrected chi connectivity index (χ4v) is 2.30. The molecular formula is C19H21N3O4S. The monoisotopic (exact) mass is 387 g/mol. The molecule has 27 heavy (non-hydrogen) atoms. The molecule has 0 saturated carbocycles. The van der Waals surface area contributed by atoms with Crippen molar-refractivity contribution in [3.8, 4) is 17.2 Å². The number of hydrazone groups is 1. The van der Waals surface area contributed by atoms with Gasteiger partial charge in [-0.3, -0.25) is 5.43 Å². The first-order valence-corrected chi connectivity index (χ1v) is 8.59. The van der Waals surface area contributed by atoms with Crippen LogP contribution in [-0.4, -0.2) is 38.1 Å². The lowest BCUT2D eigenvalue weighted by Crippen LogP contribution is -2.31. The van der Waals surface area contributed by atoms with Crippen molar-refractivity contribution in [2.45, 2.75) is 6.92 Å². The summed E-state index contributed by atoms with van der Waals surface area (Å²) < 4.78 is 15.8. The van der Waals surface area contributed by atoms with E-state index >= 15 is 0 Å². The summed E-state index contributed by atoms with van der Waals surface area (Å²) in [5.74, 6) is 0.895. The molecule has 0 aliphatic rings. The maximum Gasteiger partial charge on any atom is 0.343 e. The number of ether oxygens (including phenoxy) is 3. The molecule has 2 N–H and O–H groups in total. The number of hydrogen-bond donors (Lipinski definition) is 2. The van der Waals surface area contributed by atoms with Gasteiger partial charge in [0.2, 0.25) is 0 Å². The van der Waals surface area contributed by atoms with Gasteiger partial charge in [-0.05, 0) is 67.2 Å². The standard InChI is InChI=1S/C19H21N3O4S/c1-4-20-19(27)22-21-12-13-5-10-16(17(11-13)25-3)26-18(23)14-6-8-15(24-2)9-7-14/h5-12H,4H2,1-3H3,(H2,20,22,27). The minimum atomic E-state index is -0.491. The molecule has 8 heteroatoms. The maximum absolute atomic E-state index is 12.3. The van der Waals surface area contributed by atoms with Gasteiger partial charge >= 0.3 is 5.97 Å². The number of hydrogen-bond acceptors (Lipinski definition) is 6. The molecule has 0 atom stereocenters. The predicted molar refractivity (Wildman–Crippen MR) is 108 cm³/mol. The van der Waals surface area contributed by atoms with E-state index in [9.17, 15) is 4.79 Å². The summed E-state index contributed by atoms with van der Waals surface area (Å²) >= 11 is 5.02. The lowest BCUT2D eigenvalue weighted by molar-refractivity contribution is 0.0729. The van der Waals surface area contributed by atoms with Gasteiger partial charge in [0.25, 0.3) is 0 Å². The van der Waals surface area contributed by atoms with Crippen molar-refractivity contribution in [1.82, 2.24) is 10.7 Å². The molecule has 0 radical (unpaired) electrons. The van der Waals surface area contributed by atoms with E-state index in [1.165, 1.54) is 7.11 Å². The third kappa shape index (κ3) is 5.96. The fraction of sp³-hybridized carbons (Fsp3) is 0.211. The van der Waals surface area contributed by atoms with Crippen LogP contribution >= 0.6 is 12.2 Å². The van der Waals surface area contributed by atoms with E-state index in [0.29, 0.717) is 34.5 Å². The van der Waals surface area contributed by atoms with Crippen LogP contribution in [0.25, 0.3) is 0 Å². The molecule has 7 nitrogen and oxygen atoms in total. The summed E-state index contributed by atoms with van der Waals surface area (Å²) in [7, 11) is 3.06.